The van der Waals surface area contributed by atoms with E-state index in [9.17, 15) is 0 Å². The fraction of sp³-hybridized carbons (Fsp3) is 0.435. The van der Waals surface area contributed by atoms with Crippen LogP contribution in [0.25, 0.3) is 22.5 Å². The molecular weight excluding hydrogens is 396 g/mol. The van der Waals surface area contributed by atoms with Crippen molar-refractivity contribution in [1.82, 2.24) is 25.5 Å². The predicted octanol–water partition coefficient (Wildman–Crippen LogP) is 5.01. The van der Waals surface area contributed by atoms with Gasteiger partial charge in [0.25, 0.3) is 0 Å². The Balaban J connectivity index is 1.56. The topological polar surface area (TPSA) is 78.5 Å². The number of anilines is 1. The van der Waals surface area contributed by atoms with Gasteiger partial charge in [-0.2, -0.15) is 5.10 Å². The molecule has 6 nitrogen and oxygen atoms in total. The van der Waals surface area contributed by atoms with Crippen LogP contribution in [0.2, 0.25) is 5.02 Å². The number of aromatic nitrogens is 4. The zero-order valence-electron chi connectivity index (χ0n) is 17.0. The van der Waals surface area contributed by atoms with Crippen LogP contribution in [0.3, 0.4) is 0 Å². The Hall–Kier alpha value is -2.44. The minimum Gasteiger partial charge on any atom is -0.351 e. The summed E-state index contributed by atoms with van der Waals surface area (Å²) in [5, 5.41) is 15.8. The summed E-state index contributed by atoms with van der Waals surface area (Å²) < 4.78 is 0. The summed E-state index contributed by atoms with van der Waals surface area (Å²) in [6.07, 6.45) is 8.97. The molecule has 0 atom stereocenters. The number of nitrogens with zero attached hydrogens (tertiary/aromatic N) is 3. The van der Waals surface area contributed by atoms with Crippen molar-refractivity contribution in [2.75, 3.05) is 18.4 Å². The molecule has 0 spiro atoms. The quantitative estimate of drug-likeness (QED) is 0.538. The van der Waals surface area contributed by atoms with E-state index < -0.39 is 0 Å². The van der Waals surface area contributed by atoms with E-state index in [2.05, 4.69) is 20.7 Å². The van der Waals surface area contributed by atoms with Crippen molar-refractivity contribution >= 4 is 17.5 Å². The summed E-state index contributed by atoms with van der Waals surface area (Å²) in [5.74, 6) is 1.15. The van der Waals surface area contributed by atoms with Gasteiger partial charge in [0, 0.05) is 40.0 Å². The van der Waals surface area contributed by atoms with Gasteiger partial charge in [-0.05, 0) is 57.0 Å². The summed E-state index contributed by atoms with van der Waals surface area (Å²) in [7, 11) is 0. The number of halogens is 1. The van der Waals surface area contributed by atoms with Crippen LogP contribution in [0.15, 0.2) is 36.5 Å². The van der Waals surface area contributed by atoms with Crippen LogP contribution in [-0.4, -0.2) is 39.3 Å². The average Bonchev–Trinajstić information content (AvgIpc) is 3.45. The first kappa shape index (κ1) is 19.5. The average molecular weight is 423 g/mol. The molecule has 1 saturated heterocycles. The molecule has 0 radical (unpaired) electrons. The largest absolute Gasteiger partial charge is 0.351 e. The predicted molar refractivity (Wildman–Crippen MR) is 121 cm³/mol. The van der Waals surface area contributed by atoms with E-state index in [1.165, 1.54) is 31.4 Å². The Kier molecular flexibility index (Phi) is 5.69. The van der Waals surface area contributed by atoms with Crippen molar-refractivity contribution in [3.63, 3.8) is 0 Å². The molecule has 156 valence electrons. The van der Waals surface area contributed by atoms with Gasteiger partial charge in [0.15, 0.2) is 0 Å². The van der Waals surface area contributed by atoms with Crippen molar-refractivity contribution in [3.8, 4) is 22.5 Å². The molecule has 1 aromatic carbocycles. The smallest absolute Gasteiger partial charge is 0.223 e. The first-order valence-electron chi connectivity index (χ1n) is 10.9. The summed E-state index contributed by atoms with van der Waals surface area (Å²) in [6.45, 7) is 2.05. The van der Waals surface area contributed by atoms with E-state index in [1.807, 2.05) is 36.5 Å². The van der Waals surface area contributed by atoms with Gasteiger partial charge in [-0.1, -0.05) is 36.6 Å². The maximum atomic E-state index is 6.12. The van der Waals surface area contributed by atoms with Crippen molar-refractivity contribution in [2.24, 2.45) is 0 Å². The third-order valence-corrected chi connectivity index (χ3v) is 6.51. The molecule has 0 amide bonds. The Morgan fingerprint density at radius 3 is 2.50 bits per heavy atom. The lowest BCUT2D eigenvalue weighted by molar-refractivity contribution is 0.453. The van der Waals surface area contributed by atoms with Gasteiger partial charge >= 0.3 is 0 Å². The van der Waals surface area contributed by atoms with Crippen LogP contribution in [0, 0.1) is 0 Å². The summed E-state index contributed by atoms with van der Waals surface area (Å²) in [5.41, 5.74) is 5.13. The highest BCUT2D eigenvalue weighted by Gasteiger charge is 2.26. The molecule has 0 unspecified atom stereocenters. The van der Waals surface area contributed by atoms with Gasteiger partial charge in [0.1, 0.15) is 5.69 Å². The lowest BCUT2D eigenvalue weighted by Gasteiger charge is -2.22. The van der Waals surface area contributed by atoms with Crippen molar-refractivity contribution in [2.45, 2.75) is 50.5 Å². The Labute approximate surface area is 181 Å². The molecule has 3 aromatic rings. The first-order chi connectivity index (χ1) is 14.8. The fourth-order valence-corrected chi connectivity index (χ4v) is 4.78. The second-order valence-corrected chi connectivity index (χ2v) is 8.72. The summed E-state index contributed by atoms with van der Waals surface area (Å²) >= 11 is 6.12. The van der Waals surface area contributed by atoms with E-state index in [4.69, 9.17) is 21.7 Å². The maximum Gasteiger partial charge on any atom is 0.223 e. The summed E-state index contributed by atoms with van der Waals surface area (Å²) in [6, 6.07) is 10.3. The highest BCUT2D eigenvalue weighted by atomic mass is 35.5. The van der Waals surface area contributed by atoms with Gasteiger partial charge in [-0.15, -0.1) is 0 Å². The highest BCUT2D eigenvalue weighted by Crippen LogP contribution is 2.38. The maximum absolute atomic E-state index is 6.12. The lowest BCUT2D eigenvalue weighted by atomic mass is 9.89. The zero-order valence-corrected chi connectivity index (χ0v) is 17.8. The standard InChI is InChI=1S/C23H27ClN6/c24-17-7-5-15(6-8-17)21-20(22(30-29-21)16-9-12-25-13-10-16)19-11-14-26-23(28-19)27-18-3-1-2-4-18/h5-8,11,14,16,18,25H,1-4,9-10,12-13H2,(H,29,30)(H,26,27,28). The molecule has 3 heterocycles. The fourth-order valence-electron chi connectivity index (χ4n) is 4.66. The van der Waals surface area contributed by atoms with E-state index in [0.29, 0.717) is 17.9 Å². The number of aromatic amines is 1. The van der Waals surface area contributed by atoms with Gasteiger partial charge < -0.3 is 10.6 Å². The number of benzene rings is 1. The molecule has 1 saturated carbocycles. The summed E-state index contributed by atoms with van der Waals surface area (Å²) in [4.78, 5) is 9.40. The van der Waals surface area contributed by atoms with E-state index in [-0.39, 0.29) is 0 Å². The molecular formula is C23H27ClN6. The van der Waals surface area contributed by atoms with Crippen LogP contribution in [0.4, 0.5) is 5.95 Å². The monoisotopic (exact) mass is 422 g/mol. The van der Waals surface area contributed by atoms with Crippen molar-refractivity contribution < 1.29 is 0 Å². The Bertz CT molecular complexity index is 987. The molecule has 2 aliphatic rings. The molecule has 30 heavy (non-hydrogen) atoms. The third kappa shape index (κ3) is 4.07. The molecule has 1 aliphatic heterocycles. The van der Waals surface area contributed by atoms with E-state index >= 15 is 0 Å². The SMILES string of the molecule is Clc1ccc(-c2n[nH]c(C3CCNCC3)c2-c2ccnc(NC3CCCC3)n2)cc1. The molecule has 2 fully saturated rings. The second-order valence-electron chi connectivity index (χ2n) is 8.28. The van der Waals surface area contributed by atoms with Gasteiger partial charge in [0.2, 0.25) is 5.95 Å². The lowest BCUT2D eigenvalue weighted by Crippen LogP contribution is -2.27. The van der Waals surface area contributed by atoms with E-state index in [1.54, 1.807) is 0 Å². The minimum atomic E-state index is 0.441. The van der Waals surface area contributed by atoms with E-state index in [0.717, 1.165) is 53.5 Å². The first-order valence-corrected chi connectivity index (χ1v) is 11.3. The normalized spacial score (nSPS) is 18.0. The number of hydrogen-bond donors (Lipinski definition) is 3. The molecule has 0 bridgehead atoms. The minimum absolute atomic E-state index is 0.441. The highest BCUT2D eigenvalue weighted by molar-refractivity contribution is 6.30. The van der Waals surface area contributed by atoms with Crippen LogP contribution >= 0.6 is 11.6 Å². The van der Waals surface area contributed by atoms with Gasteiger partial charge in [-0.3, -0.25) is 5.10 Å². The third-order valence-electron chi connectivity index (χ3n) is 6.26. The zero-order chi connectivity index (χ0) is 20.3. The number of rotatable bonds is 5. The second kappa shape index (κ2) is 8.74. The number of H-pyrrole nitrogens is 1. The molecule has 3 N–H and O–H groups in total. The number of nitrogens with one attached hydrogen (secondary N) is 3. The Morgan fingerprint density at radius 2 is 1.73 bits per heavy atom. The van der Waals surface area contributed by atoms with Crippen LogP contribution < -0.4 is 10.6 Å². The van der Waals surface area contributed by atoms with Crippen LogP contribution in [0.5, 0.6) is 0 Å². The van der Waals surface area contributed by atoms with Crippen LogP contribution in [0.1, 0.15) is 50.1 Å². The molecule has 7 heteroatoms. The van der Waals surface area contributed by atoms with Gasteiger partial charge in [0.05, 0.1) is 5.69 Å². The molecule has 2 aromatic heterocycles. The molecule has 5 rings (SSSR count). The van der Waals surface area contributed by atoms with Crippen molar-refractivity contribution in [1.29, 1.82) is 0 Å². The van der Waals surface area contributed by atoms with Gasteiger partial charge in [-0.25, -0.2) is 9.97 Å². The Morgan fingerprint density at radius 1 is 0.967 bits per heavy atom. The number of hydrogen-bond acceptors (Lipinski definition) is 5. The van der Waals surface area contributed by atoms with Crippen molar-refractivity contribution in [3.05, 3.63) is 47.2 Å². The number of piperidine rings is 1. The molecule has 1 aliphatic carbocycles. The van der Waals surface area contributed by atoms with Crippen LogP contribution in [-0.2, 0) is 0 Å².